The molecule has 4 heterocycles. The van der Waals surface area contributed by atoms with Crippen molar-refractivity contribution in [1.29, 1.82) is 0 Å². The number of pyridine rings is 1. The lowest BCUT2D eigenvalue weighted by Crippen LogP contribution is -2.48. The smallest absolute Gasteiger partial charge is 0.282 e. The van der Waals surface area contributed by atoms with Gasteiger partial charge in [-0.3, -0.25) is 4.98 Å². The third-order valence-electron chi connectivity index (χ3n) is 4.94. The summed E-state index contributed by atoms with van der Waals surface area (Å²) in [6.45, 7) is 4.04. The first-order valence-corrected chi connectivity index (χ1v) is 10.8. The Balaban J connectivity index is 1.56. The molecule has 2 aliphatic heterocycles. The Bertz CT molecular complexity index is 932. The van der Waals surface area contributed by atoms with Crippen LogP contribution in [0.4, 0.5) is 11.6 Å². The summed E-state index contributed by atoms with van der Waals surface area (Å²) >= 11 is 0. The van der Waals surface area contributed by atoms with Gasteiger partial charge in [-0.2, -0.15) is 17.0 Å². The molecule has 1 unspecified atom stereocenters. The van der Waals surface area contributed by atoms with E-state index < -0.39 is 10.2 Å². The van der Waals surface area contributed by atoms with Crippen LogP contribution in [0, 0.1) is 6.92 Å². The van der Waals surface area contributed by atoms with E-state index in [1.807, 2.05) is 25.1 Å². The van der Waals surface area contributed by atoms with Crippen LogP contribution in [0.3, 0.4) is 0 Å². The van der Waals surface area contributed by atoms with Crippen LogP contribution >= 0.6 is 0 Å². The van der Waals surface area contributed by atoms with Gasteiger partial charge in [-0.25, -0.2) is 9.97 Å². The molecule has 2 aromatic rings. The van der Waals surface area contributed by atoms with Gasteiger partial charge in [-0.15, -0.1) is 0 Å². The highest BCUT2D eigenvalue weighted by molar-refractivity contribution is 7.86. The Morgan fingerprint density at radius 1 is 1.11 bits per heavy atom. The van der Waals surface area contributed by atoms with Crippen LogP contribution in [0.25, 0.3) is 0 Å². The quantitative estimate of drug-likeness (QED) is 0.808. The molecule has 2 aliphatic rings. The summed E-state index contributed by atoms with van der Waals surface area (Å²) in [6, 6.07) is 5.37. The van der Waals surface area contributed by atoms with Crippen LogP contribution in [0.1, 0.15) is 30.3 Å². The van der Waals surface area contributed by atoms with Crippen LogP contribution in [-0.4, -0.2) is 64.8 Å². The molecule has 0 spiro atoms. The van der Waals surface area contributed by atoms with E-state index in [0.717, 1.165) is 18.5 Å². The minimum atomic E-state index is -3.55. The van der Waals surface area contributed by atoms with Gasteiger partial charge in [-0.1, -0.05) is 6.07 Å². The highest BCUT2D eigenvalue weighted by atomic mass is 32.2. The van der Waals surface area contributed by atoms with Gasteiger partial charge in [0.2, 0.25) is 0 Å². The first-order valence-electron chi connectivity index (χ1n) is 9.41. The van der Waals surface area contributed by atoms with Crippen LogP contribution < -0.4 is 5.32 Å². The first-order chi connectivity index (χ1) is 13.5. The van der Waals surface area contributed by atoms with Gasteiger partial charge in [-0.05, 0) is 31.9 Å². The highest BCUT2D eigenvalue weighted by Gasteiger charge is 2.40. The number of nitrogens with one attached hydrogen (secondary N) is 1. The predicted molar refractivity (Wildman–Crippen MR) is 104 cm³/mol. The number of hydrogen-bond donors (Lipinski definition) is 1. The van der Waals surface area contributed by atoms with Crippen molar-refractivity contribution in [1.82, 2.24) is 23.6 Å². The van der Waals surface area contributed by atoms with E-state index in [1.165, 1.54) is 4.31 Å². The second kappa shape index (κ2) is 8.08. The van der Waals surface area contributed by atoms with Crippen molar-refractivity contribution in [2.24, 2.45) is 0 Å². The van der Waals surface area contributed by atoms with E-state index >= 15 is 0 Å². The van der Waals surface area contributed by atoms with Crippen LogP contribution in [0.2, 0.25) is 0 Å². The van der Waals surface area contributed by atoms with Gasteiger partial charge in [0.1, 0.15) is 11.6 Å². The van der Waals surface area contributed by atoms with Crippen molar-refractivity contribution >= 4 is 21.8 Å². The molecule has 1 N–H and O–H groups in total. The Labute approximate surface area is 164 Å². The summed E-state index contributed by atoms with van der Waals surface area (Å²) in [7, 11) is -3.55. The van der Waals surface area contributed by atoms with Gasteiger partial charge >= 0.3 is 0 Å². The summed E-state index contributed by atoms with van der Waals surface area (Å²) in [4.78, 5) is 13.3. The average Bonchev–Trinajstić information content (AvgIpc) is 3.20. The minimum absolute atomic E-state index is 0.312. The lowest BCUT2D eigenvalue weighted by Gasteiger charge is -2.32. The molecule has 0 aromatic carbocycles. The summed E-state index contributed by atoms with van der Waals surface area (Å²) < 4.78 is 34.6. The van der Waals surface area contributed by atoms with E-state index in [4.69, 9.17) is 4.74 Å². The van der Waals surface area contributed by atoms with Gasteiger partial charge in [0.25, 0.3) is 10.2 Å². The normalized spacial score (nSPS) is 21.7. The lowest BCUT2D eigenvalue weighted by molar-refractivity contribution is 0.0698. The third kappa shape index (κ3) is 4.00. The SMILES string of the molecule is Cc1cccc(Nc2cncc(C3CCCN3S(=O)(=O)N3CCOCC3)n2)n1. The van der Waals surface area contributed by atoms with Gasteiger partial charge in [0.05, 0.1) is 37.3 Å². The highest BCUT2D eigenvalue weighted by Crippen LogP contribution is 2.34. The molecule has 2 fully saturated rings. The summed E-state index contributed by atoms with van der Waals surface area (Å²) in [5.74, 6) is 1.22. The fourth-order valence-electron chi connectivity index (χ4n) is 3.58. The molecule has 10 heteroatoms. The number of morpholine rings is 1. The number of hydrogen-bond acceptors (Lipinski definition) is 7. The number of ether oxygens (including phenoxy) is 1. The Morgan fingerprint density at radius 3 is 2.71 bits per heavy atom. The zero-order chi connectivity index (χ0) is 19.6. The zero-order valence-corrected chi connectivity index (χ0v) is 16.6. The Hall–Kier alpha value is -2.14. The van der Waals surface area contributed by atoms with Gasteiger partial charge in [0, 0.05) is 25.3 Å². The minimum Gasteiger partial charge on any atom is -0.379 e. The van der Waals surface area contributed by atoms with Gasteiger partial charge < -0.3 is 10.1 Å². The van der Waals surface area contributed by atoms with Crippen molar-refractivity contribution in [2.75, 3.05) is 38.2 Å². The molecule has 1 atom stereocenters. The monoisotopic (exact) mass is 404 g/mol. The fraction of sp³-hybridized carbons (Fsp3) is 0.500. The van der Waals surface area contributed by atoms with E-state index in [1.54, 1.807) is 16.7 Å². The number of nitrogens with zero attached hydrogens (tertiary/aromatic N) is 5. The molecule has 0 amide bonds. The summed E-state index contributed by atoms with van der Waals surface area (Å²) in [6.07, 6.45) is 4.79. The number of aryl methyl sites for hydroxylation is 1. The largest absolute Gasteiger partial charge is 0.379 e. The topological polar surface area (TPSA) is 101 Å². The van der Waals surface area contributed by atoms with Crippen LogP contribution in [0.15, 0.2) is 30.6 Å². The van der Waals surface area contributed by atoms with E-state index in [2.05, 4.69) is 20.3 Å². The molecule has 0 saturated carbocycles. The molecular weight excluding hydrogens is 380 g/mol. The molecule has 0 aliphatic carbocycles. The zero-order valence-electron chi connectivity index (χ0n) is 15.8. The van der Waals surface area contributed by atoms with E-state index in [-0.39, 0.29) is 6.04 Å². The number of rotatable bonds is 5. The third-order valence-corrected chi connectivity index (χ3v) is 6.98. The molecule has 2 aromatic heterocycles. The lowest BCUT2D eigenvalue weighted by atomic mass is 10.2. The Kier molecular flexibility index (Phi) is 5.54. The fourth-order valence-corrected chi connectivity index (χ4v) is 5.39. The van der Waals surface area contributed by atoms with Crippen molar-refractivity contribution < 1.29 is 13.2 Å². The van der Waals surface area contributed by atoms with Crippen LogP contribution in [-0.2, 0) is 14.9 Å². The van der Waals surface area contributed by atoms with Gasteiger partial charge in [0.15, 0.2) is 0 Å². The molecule has 4 rings (SSSR count). The maximum absolute atomic E-state index is 13.1. The Morgan fingerprint density at radius 2 is 1.93 bits per heavy atom. The van der Waals surface area contributed by atoms with Crippen LogP contribution in [0.5, 0.6) is 0 Å². The average molecular weight is 404 g/mol. The second-order valence-electron chi connectivity index (χ2n) is 6.91. The molecule has 150 valence electrons. The van der Waals surface area contributed by atoms with Crippen molar-refractivity contribution in [2.45, 2.75) is 25.8 Å². The maximum atomic E-state index is 13.1. The number of aromatic nitrogens is 3. The molecule has 2 saturated heterocycles. The van der Waals surface area contributed by atoms with E-state index in [9.17, 15) is 8.42 Å². The standard InChI is InChI=1S/C18H24N6O3S/c1-14-4-2-6-17(20-14)22-18-13-19-12-15(21-18)16-5-3-7-24(16)28(25,26)23-8-10-27-11-9-23/h2,4,6,12-13,16H,3,5,7-11H2,1H3,(H,20,21,22). The molecular formula is C18H24N6O3S. The maximum Gasteiger partial charge on any atom is 0.282 e. The first kappa shape index (κ1) is 19.2. The summed E-state index contributed by atoms with van der Waals surface area (Å²) in [5.41, 5.74) is 1.54. The predicted octanol–water partition coefficient (Wildman–Crippen LogP) is 1.64. The van der Waals surface area contributed by atoms with Crippen molar-refractivity contribution in [3.05, 3.63) is 42.0 Å². The molecule has 0 bridgehead atoms. The van der Waals surface area contributed by atoms with Crippen molar-refractivity contribution in [3.63, 3.8) is 0 Å². The molecule has 28 heavy (non-hydrogen) atoms. The number of anilines is 2. The van der Waals surface area contributed by atoms with E-state index in [0.29, 0.717) is 50.2 Å². The molecule has 0 radical (unpaired) electrons. The molecule has 9 nitrogen and oxygen atoms in total. The second-order valence-corrected chi connectivity index (χ2v) is 8.79. The summed E-state index contributed by atoms with van der Waals surface area (Å²) in [5, 5.41) is 3.15. The van der Waals surface area contributed by atoms with Crippen molar-refractivity contribution in [3.8, 4) is 0 Å².